The molecule has 8 nitrogen and oxygen atoms in total. The molecule has 1 N–H and O–H groups in total. The average Bonchev–Trinajstić information content (AvgIpc) is 3.11. The van der Waals surface area contributed by atoms with Gasteiger partial charge in [0.2, 0.25) is 11.9 Å². The van der Waals surface area contributed by atoms with Crippen LogP contribution in [0.4, 0.5) is 5.95 Å². The first-order chi connectivity index (χ1) is 14.6. The third-order valence-corrected chi connectivity index (χ3v) is 5.22. The minimum atomic E-state index is -1.12. The van der Waals surface area contributed by atoms with Crippen molar-refractivity contribution >= 4 is 28.9 Å². The Labute approximate surface area is 173 Å². The number of methoxy groups -OCH3 is 1. The van der Waals surface area contributed by atoms with Gasteiger partial charge in [-0.1, -0.05) is 24.3 Å². The van der Waals surface area contributed by atoms with E-state index in [0.717, 1.165) is 5.52 Å². The molecule has 1 aromatic heterocycles. The molecule has 1 aliphatic rings. The number of anilines is 1. The molecule has 0 aliphatic carbocycles. The van der Waals surface area contributed by atoms with Crippen LogP contribution in [0.2, 0.25) is 0 Å². The van der Waals surface area contributed by atoms with Crippen molar-refractivity contribution in [3.8, 4) is 5.75 Å². The number of nitrogens with zero attached hydrogens (tertiary/aromatic N) is 3. The molecular formula is C22H23N3O5. The first-order valence-corrected chi connectivity index (χ1v) is 9.79. The maximum absolute atomic E-state index is 13.5. The summed E-state index contributed by atoms with van der Waals surface area (Å²) in [6, 6.07) is 13.4. The zero-order chi connectivity index (χ0) is 21.3. The molecule has 0 saturated carbocycles. The number of aromatic nitrogens is 2. The number of amides is 1. The highest BCUT2D eigenvalue weighted by Gasteiger charge is 2.47. The number of hydrogen-bond donors (Lipinski definition) is 1. The predicted octanol–water partition coefficient (Wildman–Crippen LogP) is 2.50. The zero-order valence-electron chi connectivity index (χ0n) is 16.8. The number of hydrogen-bond acceptors (Lipinski definition) is 6. The number of rotatable bonds is 6. The van der Waals surface area contributed by atoms with Crippen molar-refractivity contribution in [1.29, 1.82) is 0 Å². The van der Waals surface area contributed by atoms with Crippen LogP contribution < -0.4 is 4.90 Å². The lowest BCUT2D eigenvalue weighted by atomic mass is 9.89. The van der Waals surface area contributed by atoms with Crippen molar-refractivity contribution < 1.29 is 24.2 Å². The van der Waals surface area contributed by atoms with E-state index in [4.69, 9.17) is 9.47 Å². The van der Waals surface area contributed by atoms with Crippen LogP contribution >= 0.6 is 0 Å². The number of phenolic OH excluding ortho intramolecular Hbond substituents is 1. The first kappa shape index (κ1) is 19.9. The fraction of sp³-hybridized carbons (Fsp3) is 0.318. The number of imidazole rings is 1. The summed E-state index contributed by atoms with van der Waals surface area (Å²) in [5.41, 5.74) is 2.11. The van der Waals surface area contributed by atoms with Gasteiger partial charge in [0.15, 0.2) is 5.92 Å². The third-order valence-electron chi connectivity index (χ3n) is 5.22. The normalized spacial score (nSPS) is 18.5. The number of fused-ring (bicyclic) bond motifs is 3. The second kappa shape index (κ2) is 8.16. The number of esters is 1. The molecule has 0 fully saturated rings. The van der Waals surface area contributed by atoms with Crippen LogP contribution in [0.5, 0.6) is 5.75 Å². The maximum Gasteiger partial charge on any atom is 0.321 e. The average molecular weight is 409 g/mol. The van der Waals surface area contributed by atoms with Crippen LogP contribution in [-0.4, -0.2) is 53.4 Å². The Kier molecular flexibility index (Phi) is 5.41. The van der Waals surface area contributed by atoms with E-state index in [1.54, 1.807) is 38.3 Å². The molecule has 156 valence electrons. The third kappa shape index (κ3) is 3.29. The Morgan fingerprint density at radius 2 is 2.00 bits per heavy atom. The number of phenols is 1. The van der Waals surface area contributed by atoms with E-state index in [0.29, 0.717) is 23.6 Å². The lowest BCUT2D eigenvalue weighted by Crippen LogP contribution is -2.51. The van der Waals surface area contributed by atoms with E-state index in [2.05, 4.69) is 4.98 Å². The van der Waals surface area contributed by atoms with Crippen molar-refractivity contribution in [1.82, 2.24) is 9.55 Å². The van der Waals surface area contributed by atoms with Crippen molar-refractivity contribution in [3.05, 3.63) is 54.1 Å². The van der Waals surface area contributed by atoms with Gasteiger partial charge in [-0.25, -0.2) is 4.98 Å². The van der Waals surface area contributed by atoms with Gasteiger partial charge in [-0.2, -0.15) is 0 Å². The second-order valence-electron chi connectivity index (χ2n) is 7.02. The smallest absolute Gasteiger partial charge is 0.321 e. The molecule has 2 aromatic carbocycles. The largest absolute Gasteiger partial charge is 0.508 e. The van der Waals surface area contributed by atoms with Crippen LogP contribution in [0.1, 0.15) is 18.5 Å². The van der Waals surface area contributed by atoms with Crippen LogP contribution in [0.15, 0.2) is 48.5 Å². The van der Waals surface area contributed by atoms with E-state index in [1.807, 2.05) is 28.8 Å². The van der Waals surface area contributed by atoms with E-state index in [-0.39, 0.29) is 18.9 Å². The maximum atomic E-state index is 13.5. The van der Waals surface area contributed by atoms with Crippen LogP contribution in [-0.2, 0) is 19.1 Å². The van der Waals surface area contributed by atoms with Gasteiger partial charge in [-0.3, -0.25) is 14.5 Å². The number of carbonyl (C=O) groups is 2. The van der Waals surface area contributed by atoms with Crippen molar-refractivity contribution in [3.63, 3.8) is 0 Å². The van der Waals surface area contributed by atoms with Crippen molar-refractivity contribution in [2.75, 3.05) is 31.8 Å². The SMILES string of the molecule is CCOC(=O)[C@H]1C(=O)N(CCOC)c2nc3ccccc3n2[C@H]1c1cccc(O)c1. The number of aromatic hydroxyl groups is 1. The minimum Gasteiger partial charge on any atom is -0.508 e. The Morgan fingerprint density at radius 1 is 1.20 bits per heavy atom. The summed E-state index contributed by atoms with van der Waals surface area (Å²) in [4.78, 5) is 32.6. The number of benzene rings is 2. The first-order valence-electron chi connectivity index (χ1n) is 9.79. The number of para-hydroxylation sites is 2. The summed E-state index contributed by atoms with van der Waals surface area (Å²) in [5, 5.41) is 10.1. The molecule has 4 rings (SSSR count). The lowest BCUT2D eigenvalue weighted by molar-refractivity contribution is -0.153. The number of carbonyl (C=O) groups excluding carboxylic acids is 2. The van der Waals surface area contributed by atoms with Crippen LogP contribution in [0.25, 0.3) is 11.0 Å². The summed E-state index contributed by atoms with van der Waals surface area (Å²) in [6.07, 6.45) is 0. The molecule has 0 radical (unpaired) electrons. The van der Waals surface area contributed by atoms with Crippen LogP contribution in [0.3, 0.4) is 0 Å². The Hall–Kier alpha value is -3.39. The molecule has 3 aromatic rings. The molecule has 8 heteroatoms. The van der Waals surface area contributed by atoms with Gasteiger partial charge < -0.3 is 19.1 Å². The van der Waals surface area contributed by atoms with Gasteiger partial charge in [0.25, 0.3) is 0 Å². The lowest BCUT2D eigenvalue weighted by Gasteiger charge is -2.37. The Bertz CT molecular complexity index is 1090. The molecule has 30 heavy (non-hydrogen) atoms. The topological polar surface area (TPSA) is 93.9 Å². The van der Waals surface area contributed by atoms with Gasteiger partial charge in [0.05, 0.1) is 36.8 Å². The predicted molar refractivity (Wildman–Crippen MR) is 110 cm³/mol. The fourth-order valence-electron chi connectivity index (χ4n) is 3.95. The van der Waals surface area contributed by atoms with Gasteiger partial charge in [-0.15, -0.1) is 0 Å². The summed E-state index contributed by atoms with van der Waals surface area (Å²) in [7, 11) is 1.55. The molecule has 0 unspecified atom stereocenters. The second-order valence-corrected chi connectivity index (χ2v) is 7.02. The quantitative estimate of drug-likeness (QED) is 0.497. The van der Waals surface area contributed by atoms with E-state index < -0.39 is 23.8 Å². The van der Waals surface area contributed by atoms with E-state index in [9.17, 15) is 14.7 Å². The zero-order valence-corrected chi connectivity index (χ0v) is 16.8. The highest BCUT2D eigenvalue weighted by Crippen LogP contribution is 2.41. The minimum absolute atomic E-state index is 0.0512. The fourth-order valence-corrected chi connectivity index (χ4v) is 3.95. The molecule has 2 atom stereocenters. The Balaban J connectivity index is 1.98. The Morgan fingerprint density at radius 3 is 2.73 bits per heavy atom. The molecule has 1 amide bonds. The van der Waals surface area contributed by atoms with E-state index in [1.165, 1.54) is 4.90 Å². The van der Waals surface area contributed by atoms with Gasteiger partial charge in [0, 0.05) is 7.11 Å². The van der Waals surface area contributed by atoms with Crippen LogP contribution in [0, 0.1) is 5.92 Å². The summed E-state index contributed by atoms with van der Waals surface area (Å²) in [6.45, 7) is 2.41. The van der Waals surface area contributed by atoms with E-state index >= 15 is 0 Å². The summed E-state index contributed by atoms with van der Waals surface area (Å²) >= 11 is 0. The van der Waals surface area contributed by atoms with Crippen molar-refractivity contribution in [2.24, 2.45) is 5.92 Å². The number of ether oxygens (including phenoxy) is 2. The van der Waals surface area contributed by atoms with Crippen molar-refractivity contribution in [2.45, 2.75) is 13.0 Å². The molecular weight excluding hydrogens is 386 g/mol. The highest BCUT2D eigenvalue weighted by atomic mass is 16.5. The standard InChI is InChI=1S/C22H23N3O5/c1-3-30-21(28)18-19(14-7-6-8-15(26)13-14)25-17-10-5-4-9-16(17)23-22(25)24(20(18)27)11-12-29-2/h4-10,13,18-19,26H,3,11-12H2,1-2H3/t18-,19+/m1/s1. The molecule has 1 aliphatic heterocycles. The highest BCUT2D eigenvalue weighted by molar-refractivity contribution is 6.08. The van der Waals surface area contributed by atoms with Gasteiger partial charge >= 0.3 is 5.97 Å². The molecule has 0 spiro atoms. The molecule has 0 bridgehead atoms. The molecule has 2 heterocycles. The van der Waals surface area contributed by atoms with Gasteiger partial charge in [0.1, 0.15) is 5.75 Å². The monoisotopic (exact) mass is 409 g/mol. The molecule has 0 saturated heterocycles. The summed E-state index contributed by atoms with van der Waals surface area (Å²) in [5.74, 6) is -1.64. The summed E-state index contributed by atoms with van der Waals surface area (Å²) < 4.78 is 12.3. The van der Waals surface area contributed by atoms with Gasteiger partial charge in [-0.05, 0) is 36.8 Å².